The van der Waals surface area contributed by atoms with Gasteiger partial charge in [0.2, 0.25) is 5.28 Å². The fraction of sp³-hybridized carbons (Fsp3) is 0.273. The van der Waals surface area contributed by atoms with Crippen molar-refractivity contribution in [3.05, 3.63) is 35.0 Å². The lowest BCUT2D eigenvalue weighted by Crippen LogP contribution is -2.18. The van der Waals surface area contributed by atoms with E-state index in [2.05, 4.69) is 20.4 Å². The fourth-order valence-corrected chi connectivity index (χ4v) is 1.70. The molecule has 2 aromatic heterocycles. The van der Waals surface area contributed by atoms with Gasteiger partial charge in [-0.15, -0.1) is 0 Å². The largest absolute Gasteiger partial charge is 0.305 e. The number of anilines is 1. The van der Waals surface area contributed by atoms with Crippen LogP contribution in [0.3, 0.4) is 0 Å². The number of nitrogens with one attached hydrogen (secondary N) is 1. The van der Waals surface area contributed by atoms with Crippen LogP contribution in [0.1, 0.15) is 23.1 Å². The zero-order valence-electron chi connectivity index (χ0n) is 10.0. The van der Waals surface area contributed by atoms with E-state index in [9.17, 15) is 4.79 Å². The molecule has 18 heavy (non-hydrogen) atoms. The van der Waals surface area contributed by atoms with Gasteiger partial charge in [0.1, 0.15) is 11.5 Å². The molecule has 0 unspecified atom stereocenters. The summed E-state index contributed by atoms with van der Waals surface area (Å²) in [5.74, 6) is 0.0914. The third-order valence-electron chi connectivity index (χ3n) is 2.30. The van der Waals surface area contributed by atoms with Crippen LogP contribution < -0.4 is 5.32 Å². The monoisotopic (exact) mass is 265 g/mol. The standard InChI is InChI=1S/C11H12ClN5O/c1-3-17-8(6-7(2)16-17)10(18)14-9-4-5-13-11(12)15-9/h4-6H,3H2,1-2H3,(H,13,14,15,18). The van der Waals surface area contributed by atoms with Gasteiger partial charge in [0, 0.05) is 12.7 Å². The summed E-state index contributed by atoms with van der Waals surface area (Å²) in [6.07, 6.45) is 1.48. The average Bonchev–Trinajstić information content (AvgIpc) is 2.70. The maximum absolute atomic E-state index is 12.0. The van der Waals surface area contributed by atoms with E-state index in [1.807, 2.05) is 13.8 Å². The quantitative estimate of drug-likeness (QED) is 0.861. The zero-order valence-corrected chi connectivity index (χ0v) is 10.8. The SMILES string of the molecule is CCn1nc(C)cc1C(=O)Nc1ccnc(Cl)n1. The van der Waals surface area contributed by atoms with Gasteiger partial charge in [0.05, 0.1) is 5.69 Å². The topological polar surface area (TPSA) is 72.7 Å². The van der Waals surface area contributed by atoms with Crippen molar-refractivity contribution in [3.8, 4) is 0 Å². The Kier molecular flexibility index (Phi) is 3.57. The van der Waals surface area contributed by atoms with Crippen LogP contribution in [-0.2, 0) is 6.54 Å². The number of carbonyl (C=O) groups excluding carboxylic acids is 1. The van der Waals surface area contributed by atoms with E-state index in [1.54, 1.807) is 16.8 Å². The summed E-state index contributed by atoms with van der Waals surface area (Å²) in [7, 11) is 0. The number of halogens is 1. The highest BCUT2D eigenvalue weighted by molar-refractivity contribution is 6.28. The summed E-state index contributed by atoms with van der Waals surface area (Å²) >= 11 is 5.65. The van der Waals surface area contributed by atoms with Gasteiger partial charge in [0.25, 0.3) is 5.91 Å². The van der Waals surface area contributed by atoms with Gasteiger partial charge < -0.3 is 5.32 Å². The summed E-state index contributed by atoms with van der Waals surface area (Å²) in [5.41, 5.74) is 1.28. The van der Waals surface area contributed by atoms with Crippen LogP contribution >= 0.6 is 11.6 Å². The summed E-state index contributed by atoms with van der Waals surface area (Å²) in [6, 6.07) is 3.30. The van der Waals surface area contributed by atoms with Crippen LogP contribution in [0.5, 0.6) is 0 Å². The van der Waals surface area contributed by atoms with E-state index in [-0.39, 0.29) is 11.2 Å². The Labute approximate surface area is 109 Å². The fourth-order valence-electron chi connectivity index (χ4n) is 1.55. The van der Waals surface area contributed by atoms with E-state index in [0.29, 0.717) is 18.1 Å². The minimum atomic E-state index is -0.271. The predicted octanol–water partition coefficient (Wildman–Crippen LogP) is 1.91. The van der Waals surface area contributed by atoms with Gasteiger partial charge in [-0.25, -0.2) is 9.97 Å². The summed E-state index contributed by atoms with van der Waals surface area (Å²) < 4.78 is 1.63. The van der Waals surface area contributed by atoms with Crippen LogP contribution in [0, 0.1) is 6.92 Å². The van der Waals surface area contributed by atoms with Crippen LogP contribution in [0.2, 0.25) is 5.28 Å². The Hall–Kier alpha value is -1.95. The second kappa shape index (κ2) is 5.14. The van der Waals surface area contributed by atoms with Gasteiger partial charge >= 0.3 is 0 Å². The number of rotatable bonds is 3. The Morgan fingerprint density at radius 3 is 3.00 bits per heavy atom. The predicted molar refractivity (Wildman–Crippen MR) is 67.6 cm³/mol. The van der Waals surface area contributed by atoms with Crippen molar-refractivity contribution in [1.29, 1.82) is 0 Å². The van der Waals surface area contributed by atoms with Crippen molar-refractivity contribution in [2.45, 2.75) is 20.4 Å². The molecule has 2 heterocycles. The van der Waals surface area contributed by atoms with E-state index < -0.39 is 0 Å². The molecule has 2 rings (SSSR count). The number of amides is 1. The lowest BCUT2D eigenvalue weighted by Gasteiger charge is -2.05. The van der Waals surface area contributed by atoms with Gasteiger partial charge in [-0.3, -0.25) is 9.48 Å². The molecule has 0 aliphatic carbocycles. The van der Waals surface area contributed by atoms with Crippen molar-refractivity contribution < 1.29 is 4.79 Å². The molecule has 1 N–H and O–H groups in total. The summed E-state index contributed by atoms with van der Waals surface area (Å²) in [4.78, 5) is 19.7. The first-order chi connectivity index (χ1) is 8.60. The van der Waals surface area contributed by atoms with E-state index in [0.717, 1.165) is 5.69 Å². The molecule has 0 aliphatic rings. The molecular weight excluding hydrogens is 254 g/mol. The first-order valence-corrected chi connectivity index (χ1v) is 5.82. The molecule has 0 saturated heterocycles. The smallest absolute Gasteiger partial charge is 0.275 e. The lowest BCUT2D eigenvalue weighted by molar-refractivity contribution is 0.101. The lowest BCUT2D eigenvalue weighted by atomic mass is 10.3. The molecule has 7 heteroatoms. The summed E-state index contributed by atoms with van der Waals surface area (Å²) in [5, 5.41) is 6.95. The highest BCUT2D eigenvalue weighted by Crippen LogP contribution is 2.09. The number of aryl methyl sites for hydroxylation is 2. The molecule has 2 aromatic rings. The minimum absolute atomic E-state index is 0.0907. The van der Waals surface area contributed by atoms with Crippen LogP contribution in [-0.4, -0.2) is 25.7 Å². The van der Waals surface area contributed by atoms with E-state index in [4.69, 9.17) is 11.6 Å². The first kappa shape index (κ1) is 12.5. The summed E-state index contributed by atoms with van der Waals surface area (Å²) in [6.45, 7) is 4.39. The van der Waals surface area contributed by atoms with Crippen LogP contribution in [0.15, 0.2) is 18.3 Å². The van der Waals surface area contributed by atoms with Crippen LogP contribution in [0.25, 0.3) is 0 Å². The number of carbonyl (C=O) groups is 1. The molecule has 1 amide bonds. The van der Waals surface area contributed by atoms with Crippen molar-refractivity contribution in [2.75, 3.05) is 5.32 Å². The molecule has 0 saturated carbocycles. The Morgan fingerprint density at radius 1 is 1.56 bits per heavy atom. The Morgan fingerprint density at radius 2 is 2.33 bits per heavy atom. The van der Waals surface area contributed by atoms with Crippen molar-refractivity contribution in [3.63, 3.8) is 0 Å². The van der Waals surface area contributed by atoms with Gasteiger partial charge in [-0.1, -0.05) is 0 Å². The number of hydrogen-bond acceptors (Lipinski definition) is 4. The third kappa shape index (κ3) is 2.65. The highest BCUT2D eigenvalue weighted by Gasteiger charge is 2.13. The van der Waals surface area contributed by atoms with Crippen molar-refractivity contribution >= 4 is 23.3 Å². The minimum Gasteiger partial charge on any atom is -0.305 e. The molecule has 0 fully saturated rings. The van der Waals surface area contributed by atoms with E-state index >= 15 is 0 Å². The molecule has 0 atom stereocenters. The molecule has 0 radical (unpaired) electrons. The molecule has 0 aliphatic heterocycles. The van der Waals surface area contributed by atoms with Gasteiger partial charge in [-0.05, 0) is 37.6 Å². The number of aromatic nitrogens is 4. The second-order valence-electron chi connectivity index (χ2n) is 3.65. The van der Waals surface area contributed by atoms with Gasteiger partial charge in [-0.2, -0.15) is 5.10 Å². The normalized spacial score (nSPS) is 10.4. The first-order valence-electron chi connectivity index (χ1n) is 5.44. The molecule has 6 nitrogen and oxygen atoms in total. The second-order valence-corrected chi connectivity index (χ2v) is 3.99. The van der Waals surface area contributed by atoms with Crippen molar-refractivity contribution in [1.82, 2.24) is 19.7 Å². The Bertz CT molecular complexity index is 581. The van der Waals surface area contributed by atoms with E-state index in [1.165, 1.54) is 6.20 Å². The third-order valence-corrected chi connectivity index (χ3v) is 2.48. The molecule has 0 bridgehead atoms. The molecule has 0 spiro atoms. The highest BCUT2D eigenvalue weighted by atomic mass is 35.5. The maximum Gasteiger partial charge on any atom is 0.275 e. The van der Waals surface area contributed by atoms with Crippen molar-refractivity contribution in [2.24, 2.45) is 0 Å². The number of nitrogens with zero attached hydrogens (tertiary/aromatic N) is 4. The molecule has 94 valence electrons. The molecular formula is C11H12ClN5O. The average molecular weight is 266 g/mol. The molecule has 0 aromatic carbocycles. The van der Waals surface area contributed by atoms with Crippen LogP contribution in [0.4, 0.5) is 5.82 Å². The maximum atomic E-state index is 12.0. The number of hydrogen-bond donors (Lipinski definition) is 1. The Balaban J connectivity index is 2.21. The zero-order chi connectivity index (χ0) is 13.1. The van der Waals surface area contributed by atoms with Gasteiger partial charge in [0.15, 0.2) is 0 Å².